The van der Waals surface area contributed by atoms with Crippen LogP contribution in [0.15, 0.2) is 24.4 Å². The number of halogens is 2. The molecule has 8 heavy (non-hydrogen) atoms. The van der Waals surface area contributed by atoms with Gasteiger partial charge in [-0.25, -0.2) is 0 Å². The van der Waals surface area contributed by atoms with Crippen LogP contribution in [0.2, 0.25) is 0 Å². The Hall–Kier alpha value is 0.170. The summed E-state index contributed by atoms with van der Waals surface area (Å²) in [7, 11) is 0. The lowest BCUT2D eigenvalue weighted by Gasteiger charge is -1.80. The van der Waals surface area contributed by atoms with Crippen molar-refractivity contribution in [3.63, 3.8) is 0 Å². The Kier molecular flexibility index (Phi) is 2.08. The summed E-state index contributed by atoms with van der Waals surface area (Å²) in [4.78, 5) is 0. The maximum Gasteiger partial charge on any atom is 0.268 e. The summed E-state index contributed by atoms with van der Waals surface area (Å²) in [5.41, 5.74) is 0. The van der Waals surface area contributed by atoms with Gasteiger partial charge in [-0.2, -0.15) is 0 Å². The van der Waals surface area contributed by atoms with E-state index in [0.717, 1.165) is 3.70 Å². The number of hydrogen-bond donors (Lipinski definition) is 0. The van der Waals surface area contributed by atoms with Gasteiger partial charge in [0.1, 0.15) is 0 Å². The monoisotopic (exact) mass is 240 g/mol. The van der Waals surface area contributed by atoms with Crippen molar-refractivity contribution in [3.05, 3.63) is 28.1 Å². The molecule has 3 heteroatoms. The molecule has 0 amide bonds. The molecule has 0 spiro atoms. The molecule has 0 unspecified atom stereocenters. The Bertz CT molecular complexity index is 169. The van der Waals surface area contributed by atoms with E-state index in [1.807, 2.05) is 18.2 Å². The number of aromatic nitrogens is 1. The standard InChI is InChI=1S/C5H4ClIN/c6-8-4-2-1-3-5(8)7/h1-4H/q+1. The van der Waals surface area contributed by atoms with E-state index in [1.54, 1.807) is 10.3 Å². The Balaban J connectivity index is 3.13. The summed E-state index contributed by atoms with van der Waals surface area (Å²) in [6.07, 6.45) is 1.79. The third-order valence-electron chi connectivity index (χ3n) is 0.766. The highest BCUT2D eigenvalue weighted by molar-refractivity contribution is 14.1. The molecule has 42 valence electrons. The lowest BCUT2D eigenvalue weighted by Crippen LogP contribution is -2.22. The zero-order chi connectivity index (χ0) is 5.98. The minimum absolute atomic E-state index is 1.02. The maximum absolute atomic E-state index is 5.62. The lowest BCUT2D eigenvalue weighted by molar-refractivity contribution is -0.534. The molecule has 0 saturated carbocycles. The Labute approximate surface area is 66.5 Å². The largest absolute Gasteiger partial charge is 0.268 e. The first kappa shape index (κ1) is 6.29. The van der Waals surface area contributed by atoms with E-state index in [9.17, 15) is 0 Å². The fourth-order valence-electron chi connectivity index (χ4n) is 0.403. The average molecular weight is 240 g/mol. The molecule has 1 rings (SSSR count). The summed E-state index contributed by atoms with van der Waals surface area (Å²) in [6.45, 7) is 0. The normalized spacial score (nSPS) is 9.25. The van der Waals surface area contributed by atoms with Crippen LogP contribution < -0.4 is 4.09 Å². The molecule has 1 heterocycles. The lowest BCUT2D eigenvalue weighted by atomic mass is 10.5. The van der Waals surface area contributed by atoms with Crippen LogP contribution in [0, 0.1) is 3.70 Å². The van der Waals surface area contributed by atoms with Gasteiger partial charge in [0.15, 0.2) is 6.20 Å². The molecule has 0 aliphatic heterocycles. The Morgan fingerprint density at radius 2 is 2.25 bits per heavy atom. The Morgan fingerprint density at radius 1 is 1.50 bits per heavy atom. The number of hydrogen-bond acceptors (Lipinski definition) is 0. The maximum atomic E-state index is 5.62. The van der Waals surface area contributed by atoms with Gasteiger partial charge < -0.3 is 0 Å². The van der Waals surface area contributed by atoms with Crippen LogP contribution in [0.25, 0.3) is 0 Å². The third-order valence-corrected chi connectivity index (χ3v) is 2.23. The van der Waals surface area contributed by atoms with E-state index in [-0.39, 0.29) is 0 Å². The van der Waals surface area contributed by atoms with E-state index < -0.39 is 0 Å². The predicted octanol–water partition coefficient (Wildman–Crippen LogP) is 1.58. The van der Waals surface area contributed by atoms with Gasteiger partial charge in [0.25, 0.3) is 15.5 Å². The Morgan fingerprint density at radius 3 is 2.62 bits per heavy atom. The molecule has 0 atom stereocenters. The van der Waals surface area contributed by atoms with Crippen molar-refractivity contribution in [2.45, 2.75) is 0 Å². The van der Waals surface area contributed by atoms with Crippen LogP contribution in [0.5, 0.6) is 0 Å². The molecule has 0 bridgehead atoms. The smallest absolute Gasteiger partial charge is 0.0775 e. The van der Waals surface area contributed by atoms with Gasteiger partial charge in [0.05, 0.1) is 0 Å². The fourth-order valence-corrected chi connectivity index (χ4v) is 0.892. The average Bonchev–Trinajstić information content (AvgIpc) is 1.77. The van der Waals surface area contributed by atoms with Crippen molar-refractivity contribution in [1.82, 2.24) is 0 Å². The number of pyridine rings is 1. The molecule has 0 aromatic carbocycles. The fraction of sp³-hybridized carbons (Fsp3) is 0. The van der Waals surface area contributed by atoms with Crippen molar-refractivity contribution < 1.29 is 4.09 Å². The zero-order valence-corrected chi connectivity index (χ0v) is 6.93. The van der Waals surface area contributed by atoms with Gasteiger partial charge in [0.2, 0.25) is 0 Å². The second-order valence-electron chi connectivity index (χ2n) is 1.33. The van der Waals surface area contributed by atoms with Crippen LogP contribution in [0.4, 0.5) is 0 Å². The molecular formula is C5H4ClIN+. The summed E-state index contributed by atoms with van der Waals surface area (Å²) < 4.78 is 2.56. The third kappa shape index (κ3) is 1.32. The molecule has 0 saturated heterocycles. The van der Waals surface area contributed by atoms with Crippen molar-refractivity contribution in [2.75, 3.05) is 0 Å². The second-order valence-corrected chi connectivity index (χ2v) is 2.80. The van der Waals surface area contributed by atoms with Gasteiger partial charge in [-0.05, 0) is 6.07 Å². The summed E-state index contributed by atoms with van der Waals surface area (Å²) in [6, 6.07) is 5.77. The SMILES string of the molecule is Cl[n+]1ccccc1I. The molecule has 1 aromatic heterocycles. The topological polar surface area (TPSA) is 3.88 Å². The number of rotatable bonds is 0. The van der Waals surface area contributed by atoms with Gasteiger partial charge >= 0.3 is 0 Å². The first-order valence-corrected chi connectivity index (χ1v) is 3.55. The molecule has 0 fully saturated rings. The highest BCUT2D eigenvalue weighted by atomic mass is 127. The van der Waals surface area contributed by atoms with Crippen LogP contribution >= 0.6 is 34.4 Å². The second kappa shape index (κ2) is 2.64. The van der Waals surface area contributed by atoms with E-state index in [1.165, 1.54) is 0 Å². The number of nitrogens with zero attached hydrogens (tertiary/aromatic N) is 1. The van der Waals surface area contributed by atoms with Crippen LogP contribution in [-0.2, 0) is 0 Å². The summed E-state index contributed by atoms with van der Waals surface area (Å²) >= 11 is 7.77. The summed E-state index contributed by atoms with van der Waals surface area (Å²) in [5, 5.41) is 0. The molecule has 1 aromatic rings. The first-order chi connectivity index (χ1) is 3.80. The van der Waals surface area contributed by atoms with Crippen LogP contribution in [0.1, 0.15) is 0 Å². The van der Waals surface area contributed by atoms with E-state index in [2.05, 4.69) is 22.6 Å². The van der Waals surface area contributed by atoms with E-state index in [0.29, 0.717) is 0 Å². The van der Waals surface area contributed by atoms with Crippen LogP contribution in [-0.4, -0.2) is 0 Å². The molecule has 0 aliphatic rings. The van der Waals surface area contributed by atoms with Crippen molar-refractivity contribution in [2.24, 2.45) is 0 Å². The van der Waals surface area contributed by atoms with Crippen molar-refractivity contribution >= 4 is 34.4 Å². The van der Waals surface area contributed by atoms with Crippen LogP contribution in [0.3, 0.4) is 0 Å². The van der Waals surface area contributed by atoms with Crippen molar-refractivity contribution in [1.29, 1.82) is 0 Å². The van der Waals surface area contributed by atoms with Crippen molar-refractivity contribution in [3.8, 4) is 0 Å². The van der Waals surface area contributed by atoms with Gasteiger partial charge in [-0.15, -0.1) is 0 Å². The quantitative estimate of drug-likeness (QED) is 0.479. The molecule has 0 aliphatic carbocycles. The highest BCUT2D eigenvalue weighted by Crippen LogP contribution is 1.94. The minimum atomic E-state index is 1.02. The van der Waals surface area contributed by atoms with Gasteiger partial charge in [-0.1, -0.05) is 4.09 Å². The van der Waals surface area contributed by atoms with Gasteiger partial charge in [-0.3, -0.25) is 0 Å². The molecular weight excluding hydrogens is 236 g/mol. The predicted molar refractivity (Wildman–Crippen MR) is 40.6 cm³/mol. The molecule has 0 radical (unpaired) electrons. The first-order valence-electron chi connectivity index (χ1n) is 2.13. The summed E-state index contributed by atoms with van der Waals surface area (Å²) in [5.74, 6) is 0. The van der Waals surface area contributed by atoms with E-state index >= 15 is 0 Å². The zero-order valence-electron chi connectivity index (χ0n) is 4.01. The highest BCUT2D eigenvalue weighted by Gasteiger charge is 1.98. The molecule has 0 N–H and O–H groups in total. The molecule has 1 nitrogen and oxygen atoms in total. The minimum Gasteiger partial charge on any atom is -0.0775 e. The van der Waals surface area contributed by atoms with Gasteiger partial charge in [0, 0.05) is 34.7 Å². The van der Waals surface area contributed by atoms with E-state index in [4.69, 9.17) is 11.8 Å².